The highest BCUT2D eigenvalue weighted by Gasteiger charge is 2.19. The number of halogens is 1. The van der Waals surface area contributed by atoms with Gasteiger partial charge in [-0.1, -0.05) is 49.4 Å². The van der Waals surface area contributed by atoms with E-state index in [0.29, 0.717) is 12.1 Å². The van der Waals surface area contributed by atoms with E-state index >= 15 is 0 Å². The van der Waals surface area contributed by atoms with Crippen molar-refractivity contribution in [2.75, 3.05) is 6.54 Å². The Bertz CT molecular complexity index is 716. The predicted octanol–water partition coefficient (Wildman–Crippen LogP) is 3.61. The molecule has 26 heavy (non-hydrogen) atoms. The zero-order valence-electron chi connectivity index (χ0n) is 15.1. The van der Waals surface area contributed by atoms with Gasteiger partial charge in [0.1, 0.15) is 5.82 Å². The van der Waals surface area contributed by atoms with Crippen LogP contribution in [-0.4, -0.2) is 24.5 Å². The number of esters is 1. The molecule has 0 aliphatic heterocycles. The summed E-state index contributed by atoms with van der Waals surface area (Å²) in [6.07, 6.45) is 0.0129. The Balaban J connectivity index is 1.81. The standard InChI is InChI=1S/C21H24FNO3/c1-3-17(18-7-5-4-6-8-18)14-23-21(25)15(2)26-20(24)13-16-9-11-19(22)12-10-16/h4-12,15,17H,3,13-14H2,1-2H3,(H,23,25)/t15-,17+/m1/s1. The van der Waals surface area contributed by atoms with Crippen molar-refractivity contribution in [2.24, 2.45) is 0 Å². The van der Waals surface area contributed by atoms with E-state index in [1.54, 1.807) is 6.92 Å². The lowest BCUT2D eigenvalue weighted by Crippen LogP contribution is -2.38. The number of hydrogen-bond donors (Lipinski definition) is 1. The smallest absolute Gasteiger partial charge is 0.311 e. The van der Waals surface area contributed by atoms with Crippen LogP contribution < -0.4 is 5.32 Å². The van der Waals surface area contributed by atoms with Crippen LogP contribution in [0.4, 0.5) is 4.39 Å². The molecular weight excluding hydrogens is 333 g/mol. The van der Waals surface area contributed by atoms with E-state index in [0.717, 1.165) is 12.0 Å². The van der Waals surface area contributed by atoms with Crippen LogP contribution in [0.25, 0.3) is 0 Å². The number of amides is 1. The van der Waals surface area contributed by atoms with Gasteiger partial charge in [-0.05, 0) is 36.6 Å². The first-order chi connectivity index (χ1) is 12.5. The maximum Gasteiger partial charge on any atom is 0.311 e. The zero-order valence-corrected chi connectivity index (χ0v) is 15.1. The van der Waals surface area contributed by atoms with Crippen LogP contribution in [0.15, 0.2) is 54.6 Å². The molecule has 0 fully saturated rings. The van der Waals surface area contributed by atoms with Crippen LogP contribution in [0.1, 0.15) is 37.3 Å². The quantitative estimate of drug-likeness (QED) is 0.734. The lowest BCUT2D eigenvalue weighted by atomic mass is 9.96. The van der Waals surface area contributed by atoms with Gasteiger partial charge in [-0.25, -0.2) is 4.39 Å². The number of ether oxygens (including phenoxy) is 1. The van der Waals surface area contributed by atoms with Crippen molar-refractivity contribution in [3.8, 4) is 0 Å². The molecule has 0 aliphatic rings. The van der Waals surface area contributed by atoms with Crippen LogP contribution >= 0.6 is 0 Å². The van der Waals surface area contributed by atoms with E-state index in [1.807, 2.05) is 30.3 Å². The molecule has 0 unspecified atom stereocenters. The lowest BCUT2D eigenvalue weighted by molar-refractivity contribution is -0.154. The molecule has 0 aromatic heterocycles. The minimum Gasteiger partial charge on any atom is -0.452 e. The van der Waals surface area contributed by atoms with E-state index in [4.69, 9.17) is 4.74 Å². The molecule has 1 N–H and O–H groups in total. The highest BCUT2D eigenvalue weighted by molar-refractivity contribution is 5.83. The number of nitrogens with one attached hydrogen (secondary N) is 1. The van der Waals surface area contributed by atoms with Crippen molar-refractivity contribution in [2.45, 2.75) is 38.7 Å². The summed E-state index contributed by atoms with van der Waals surface area (Å²) in [5.74, 6) is -0.998. The molecule has 0 spiro atoms. The van der Waals surface area contributed by atoms with Gasteiger partial charge in [0, 0.05) is 12.5 Å². The number of hydrogen-bond acceptors (Lipinski definition) is 3. The summed E-state index contributed by atoms with van der Waals surface area (Å²) in [5, 5.41) is 2.84. The van der Waals surface area contributed by atoms with Gasteiger partial charge >= 0.3 is 5.97 Å². The lowest BCUT2D eigenvalue weighted by Gasteiger charge is -2.18. The van der Waals surface area contributed by atoms with Crippen molar-refractivity contribution < 1.29 is 18.7 Å². The summed E-state index contributed by atoms with van der Waals surface area (Å²) in [5.41, 5.74) is 1.80. The summed E-state index contributed by atoms with van der Waals surface area (Å²) in [7, 11) is 0. The predicted molar refractivity (Wildman–Crippen MR) is 98.1 cm³/mol. The maximum atomic E-state index is 12.9. The summed E-state index contributed by atoms with van der Waals surface area (Å²) < 4.78 is 18.0. The van der Waals surface area contributed by atoms with E-state index < -0.39 is 12.1 Å². The number of rotatable bonds is 8. The Hall–Kier alpha value is -2.69. The average Bonchev–Trinajstić information content (AvgIpc) is 2.64. The molecule has 0 radical (unpaired) electrons. The Labute approximate surface area is 153 Å². The Morgan fingerprint density at radius 2 is 1.73 bits per heavy atom. The first kappa shape index (κ1) is 19.6. The molecule has 2 aromatic carbocycles. The highest BCUT2D eigenvalue weighted by atomic mass is 19.1. The van der Waals surface area contributed by atoms with Gasteiger partial charge in [-0.3, -0.25) is 9.59 Å². The molecule has 138 valence electrons. The van der Waals surface area contributed by atoms with Crippen LogP contribution in [-0.2, 0) is 20.7 Å². The molecule has 2 atom stereocenters. The normalized spacial score (nSPS) is 12.9. The van der Waals surface area contributed by atoms with Crippen LogP contribution in [0, 0.1) is 5.82 Å². The Morgan fingerprint density at radius 1 is 1.08 bits per heavy atom. The SMILES string of the molecule is CC[C@@H](CNC(=O)[C@@H](C)OC(=O)Cc1ccc(F)cc1)c1ccccc1. The summed E-state index contributed by atoms with van der Waals surface area (Å²) in [4.78, 5) is 24.1. The molecule has 2 rings (SSSR count). The second-order valence-electron chi connectivity index (χ2n) is 6.20. The molecule has 1 amide bonds. The van der Waals surface area contributed by atoms with Gasteiger partial charge in [0.2, 0.25) is 0 Å². The summed E-state index contributed by atoms with van der Waals surface area (Å²) >= 11 is 0. The van der Waals surface area contributed by atoms with Gasteiger partial charge < -0.3 is 10.1 Å². The highest BCUT2D eigenvalue weighted by Crippen LogP contribution is 2.18. The fraction of sp³-hybridized carbons (Fsp3) is 0.333. The van der Waals surface area contributed by atoms with Crippen molar-refractivity contribution in [1.82, 2.24) is 5.32 Å². The number of carbonyl (C=O) groups excluding carboxylic acids is 2. The summed E-state index contributed by atoms with van der Waals surface area (Å²) in [6, 6.07) is 15.6. The second-order valence-corrected chi connectivity index (χ2v) is 6.20. The van der Waals surface area contributed by atoms with Crippen LogP contribution in [0.3, 0.4) is 0 Å². The van der Waals surface area contributed by atoms with Crippen molar-refractivity contribution in [3.05, 3.63) is 71.5 Å². The zero-order chi connectivity index (χ0) is 18.9. The first-order valence-corrected chi connectivity index (χ1v) is 8.76. The third-order valence-electron chi connectivity index (χ3n) is 4.23. The second kappa shape index (κ2) is 9.70. The van der Waals surface area contributed by atoms with Gasteiger partial charge in [0.05, 0.1) is 6.42 Å². The first-order valence-electron chi connectivity index (χ1n) is 8.76. The third-order valence-corrected chi connectivity index (χ3v) is 4.23. The van der Waals surface area contributed by atoms with E-state index in [2.05, 4.69) is 12.2 Å². The van der Waals surface area contributed by atoms with Gasteiger partial charge in [0.15, 0.2) is 6.10 Å². The minimum atomic E-state index is -0.878. The topological polar surface area (TPSA) is 55.4 Å². The third kappa shape index (κ3) is 5.99. The fourth-order valence-corrected chi connectivity index (χ4v) is 2.65. The number of carbonyl (C=O) groups is 2. The minimum absolute atomic E-state index is 0.000496. The fourth-order valence-electron chi connectivity index (χ4n) is 2.65. The Morgan fingerprint density at radius 3 is 2.35 bits per heavy atom. The molecule has 2 aromatic rings. The van der Waals surface area contributed by atoms with E-state index in [1.165, 1.54) is 24.3 Å². The molecule has 0 saturated carbocycles. The molecule has 0 heterocycles. The molecule has 0 saturated heterocycles. The molecule has 0 bridgehead atoms. The molecule has 5 heteroatoms. The van der Waals surface area contributed by atoms with Gasteiger partial charge in [-0.2, -0.15) is 0 Å². The average molecular weight is 357 g/mol. The number of benzene rings is 2. The van der Waals surface area contributed by atoms with Gasteiger partial charge in [-0.15, -0.1) is 0 Å². The van der Waals surface area contributed by atoms with Crippen LogP contribution in [0.5, 0.6) is 0 Å². The Kier molecular flexibility index (Phi) is 7.33. The largest absolute Gasteiger partial charge is 0.452 e. The van der Waals surface area contributed by atoms with Gasteiger partial charge in [0.25, 0.3) is 5.91 Å². The monoisotopic (exact) mass is 357 g/mol. The maximum absolute atomic E-state index is 12.9. The summed E-state index contributed by atoms with van der Waals surface area (Å²) in [6.45, 7) is 4.09. The van der Waals surface area contributed by atoms with Crippen molar-refractivity contribution in [1.29, 1.82) is 0 Å². The van der Waals surface area contributed by atoms with Crippen molar-refractivity contribution >= 4 is 11.9 Å². The van der Waals surface area contributed by atoms with Crippen molar-refractivity contribution in [3.63, 3.8) is 0 Å². The molecule has 4 nitrogen and oxygen atoms in total. The molecule has 0 aliphatic carbocycles. The molecular formula is C21H24FNO3. The van der Waals surface area contributed by atoms with Crippen LogP contribution in [0.2, 0.25) is 0 Å². The van der Waals surface area contributed by atoms with E-state index in [-0.39, 0.29) is 24.1 Å². The van der Waals surface area contributed by atoms with E-state index in [9.17, 15) is 14.0 Å².